The fourth-order valence-corrected chi connectivity index (χ4v) is 2.47. The zero-order valence-electron chi connectivity index (χ0n) is 14.7. The fraction of sp³-hybridized carbons (Fsp3) is 0.316. The van der Waals surface area contributed by atoms with E-state index >= 15 is 0 Å². The minimum Gasteiger partial charge on any atom is -0.465 e. The number of aromatic nitrogens is 1. The van der Waals surface area contributed by atoms with E-state index in [4.69, 9.17) is 4.74 Å². The number of rotatable bonds is 7. The second kappa shape index (κ2) is 8.82. The molecule has 0 atom stereocenters. The van der Waals surface area contributed by atoms with Crippen molar-refractivity contribution >= 4 is 29.1 Å². The predicted octanol–water partition coefficient (Wildman–Crippen LogP) is 3.99. The number of nitrogens with zero attached hydrogens (tertiary/aromatic N) is 1. The summed E-state index contributed by atoms with van der Waals surface area (Å²) in [5, 5.41) is 5.96. The first kappa shape index (κ1) is 18.4. The molecule has 1 aromatic carbocycles. The summed E-state index contributed by atoms with van der Waals surface area (Å²) in [6.45, 7) is 3.99. The molecule has 0 aliphatic carbocycles. The molecule has 0 aliphatic rings. The molecule has 0 aliphatic heterocycles. The minimum atomic E-state index is -0.412. The lowest BCUT2D eigenvalue weighted by Crippen LogP contribution is -2.22. The number of ether oxygens (including phenoxy) is 1. The smallest absolute Gasteiger partial charge is 0.339 e. The summed E-state index contributed by atoms with van der Waals surface area (Å²) < 4.78 is 4.78. The quantitative estimate of drug-likeness (QED) is 0.744. The van der Waals surface area contributed by atoms with Gasteiger partial charge in [-0.3, -0.25) is 4.79 Å². The van der Waals surface area contributed by atoms with Gasteiger partial charge in [0.15, 0.2) is 0 Å². The number of pyridine rings is 1. The Balaban J connectivity index is 2.09. The number of nitrogens with one attached hydrogen (secondary N) is 2. The van der Waals surface area contributed by atoms with Crippen molar-refractivity contribution in [3.63, 3.8) is 0 Å². The maximum absolute atomic E-state index is 12.1. The molecule has 0 saturated heterocycles. The Morgan fingerprint density at radius 2 is 1.84 bits per heavy atom. The zero-order chi connectivity index (χ0) is 18.2. The zero-order valence-corrected chi connectivity index (χ0v) is 14.7. The van der Waals surface area contributed by atoms with Crippen LogP contribution in [0.15, 0.2) is 42.6 Å². The Morgan fingerprint density at radius 1 is 1.12 bits per heavy atom. The molecule has 25 heavy (non-hydrogen) atoms. The summed E-state index contributed by atoms with van der Waals surface area (Å²) in [6, 6.07) is 10.6. The van der Waals surface area contributed by atoms with Crippen molar-refractivity contribution in [1.29, 1.82) is 0 Å². The highest BCUT2D eigenvalue weighted by Crippen LogP contribution is 2.22. The van der Waals surface area contributed by atoms with Gasteiger partial charge in [0.25, 0.3) is 0 Å². The van der Waals surface area contributed by atoms with Gasteiger partial charge in [-0.05, 0) is 37.1 Å². The van der Waals surface area contributed by atoms with E-state index in [2.05, 4.69) is 15.6 Å². The Hall–Kier alpha value is -2.89. The van der Waals surface area contributed by atoms with Crippen molar-refractivity contribution in [3.8, 4) is 0 Å². The topological polar surface area (TPSA) is 80.3 Å². The first-order valence-electron chi connectivity index (χ1n) is 8.30. The number of methoxy groups -OCH3 is 1. The van der Waals surface area contributed by atoms with Crippen molar-refractivity contribution in [2.24, 2.45) is 5.92 Å². The molecule has 1 aromatic heterocycles. The second-order valence-electron chi connectivity index (χ2n) is 5.60. The van der Waals surface area contributed by atoms with Gasteiger partial charge in [0, 0.05) is 5.92 Å². The molecule has 2 aromatic rings. The molecule has 0 bridgehead atoms. The van der Waals surface area contributed by atoms with E-state index in [0.29, 0.717) is 22.8 Å². The minimum absolute atomic E-state index is 0.00784. The molecule has 6 nitrogen and oxygen atoms in total. The highest BCUT2D eigenvalue weighted by Gasteiger charge is 2.15. The summed E-state index contributed by atoms with van der Waals surface area (Å²) >= 11 is 0. The maximum Gasteiger partial charge on any atom is 0.339 e. The van der Waals surface area contributed by atoms with Crippen LogP contribution in [0, 0.1) is 5.92 Å². The highest BCUT2D eigenvalue weighted by molar-refractivity contribution is 5.96. The summed E-state index contributed by atoms with van der Waals surface area (Å²) in [7, 11) is 1.35. The summed E-state index contributed by atoms with van der Waals surface area (Å²) in [4.78, 5) is 28.1. The average Bonchev–Trinajstić information content (AvgIpc) is 2.64. The molecule has 6 heteroatoms. The van der Waals surface area contributed by atoms with Gasteiger partial charge in [-0.15, -0.1) is 0 Å². The lowest BCUT2D eigenvalue weighted by Gasteiger charge is -2.13. The van der Waals surface area contributed by atoms with Gasteiger partial charge in [0.2, 0.25) is 5.91 Å². The van der Waals surface area contributed by atoms with E-state index in [-0.39, 0.29) is 11.8 Å². The van der Waals surface area contributed by atoms with Crippen molar-refractivity contribution in [1.82, 2.24) is 4.98 Å². The van der Waals surface area contributed by atoms with Crippen LogP contribution in [0.4, 0.5) is 17.2 Å². The number of carbonyl (C=O) groups is 2. The predicted molar refractivity (Wildman–Crippen MR) is 98.0 cm³/mol. The van der Waals surface area contributed by atoms with E-state index in [1.807, 2.05) is 19.9 Å². The Labute approximate surface area is 147 Å². The molecule has 0 fully saturated rings. The van der Waals surface area contributed by atoms with Gasteiger partial charge >= 0.3 is 5.97 Å². The molecular weight excluding hydrogens is 318 g/mol. The summed E-state index contributed by atoms with van der Waals surface area (Å²) in [6.07, 6.45) is 3.20. The van der Waals surface area contributed by atoms with Gasteiger partial charge < -0.3 is 15.4 Å². The Bertz CT molecular complexity index is 725. The van der Waals surface area contributed by atoms with Crippen molar-refractivity contribution in [3.05, 3.63) is 48.2 Å². The number of esters is 1. The van der Waals surface area contributed by atoms with Crippen LogP contribution in [-0.2, 0) is 9.53 Å². The molecule has 1 amide bonds. The van der Waals surface area contributed by atoms with Crippen LogP contribution in [-0.4, -0.2) is 24.0 Å². The Kier molecular flexibility index (Phi) is 6.51. The molecule has 2 rings (SSSR count). The van der Waals surface area contributed by atoms with E-state index in [1.165, 1.54) is 7.11 Å². The van der Waals surface area contributed by atoms with Crippen molar-refractivity contribution < 1.29 is 14.3 Å². The van der Waals surface area contributed by atoms with Crippen molar-refractivity contribution in [2.45, 2.75) is 26.7 Å². The van der Waals surface area contributed by atoms with Gasteiger partial charge in [-0.25, -0.2) is 9.78 Å². The normalized spacial score (nSPS) is 10.4. The lowest BCUT2D eigenvalue weighted by molar-refractivity contribution is -0.120. The number of benzene rings is 1. The largest absolute Gasteiger partial charge is 0.465 e. The molecule has 0 radical (unpaired) electrons. The SMILES string of the molecule is CCC(CC)C(=O)Nc1ccc(Nc2ccccc2C(=O)OC)cn1. The van der Waals surface area contributed by atoms with E-state index in [9.17, 15) is 9.59 Å². The molecule has 132 valence electrons. The van der Waals surface area contributed by atoms with E-state index < -0.39 is 5.97 Å². The van der Waals surface area contributed by atoms with Gasteiger partial charge in [0.05, 0.1) is 30.2 Å². The van der Waals surface area contributed by atoms with Crippen LogP contribution in [0.25, 0.3) is 0 Å². The van der Waals surface area contributed by atoms with Gasteiger partial charge in [-0.2, -0.15) is 0 Å². The highest BCUT2D eigenvalue weighted by atomic mass is 16.5. The third-order valence-electron chi connectivity index (χ3n) is 3.98. The Morgan fingerprint density at radius 3 is 2.44 bits per heavy atom. The number of carbonyl (C=O) groups excluding carboxylic acids is 2. The summed E-state index contributed by atoms with van der Waals surface area (Å²) in [5.41, 5.74) is 1.78. The number of hydrogen-bond donors (Lipinski definition) is 2. The molecule has 0 unspecified atom stereocenters. The van der Waals surface area contributed by atoms with Crippen molar-refractivity contribution in [2.75, 3.05) is 17.7 Å². The third kappa shape index (κ3) is 4.79. The average molecular weight is 341 g/mol. The third-order valence-corrected chi connectivity index (χ3v) is 3.98. The maximum atomic E-state index is 12.1. The van der Waals surface area contributed by atoms with Gasteiger partial charge in [-0.1, -0.05) is 26.0 Å². The van der Waals surface area contributed by atoms with Crippen LogP contribution >= 0.6 is 0 Å². The second-order valence-corrected chi connectivity index (χ2v) is 5.60. The van der Waals surface area contributed by atoms with E-state index in [0.717, 1.165) is 12.8 Å². The molecular formula is C19H23N3O3. The van der Waals surface area contributed by atoms with Crippen LogP contribution in [0.2, 0.25) is 0 Å². The van der Waals surface area contributed by atoms with Crippen LogP contribution < -0.4 is 10.6 Å². The molecule has 2 N–H and O–H groups in total. The number of hydrogen-bond acceptors (Lipinski definition) is 5. The van der Waals surface area contributed by atoms with Crippen LogP contribution in [0.1, 0.15) is 37.0 Å². The number of amides is 1. The van der Waals surface area contributed by atoms with E-state index in [1.54, 1.807) is 36.5 Å². The van der Waals surface area contributed by atoms with Crippen LogP contribution in [0.5, 0.6) is 0 Å². The molecule has 0 spiro atoms. The van der Waals surface area contributed by atoms with Crippen LogP contribution in [0.3, 0.4) is 0 Å². The first-order valence-corrected chi connectivity index (χ1v) is 8.30. The standard InChI is InChI=1S/C19H23N3O3/c1-4-13(5-2)18(23)22-17-11-10-14(12-20-17)21-16-9-7-6-8-15(16)19(24)25-3/h6-13,21H,4-5H2,1-3H3,(H,20,22,23). The summed E-state index contributed by atoms with van der Waals surface area (Å²) in [5.74, 6) is 0.0644. The monoisotopic (exact) mass is 341 g/mol. The molecule has 0 saturated carbocycles. The molecule has 1 heterocycles. The van der Waals surface area contributed by atoms with Gasteiger partial charge in [0.1, 0.15) is 5.82 Å². The number of anilines is 3. The fourth-order valence-electron chi connectivity index (χ4n) is 2.47. The lowest BCUT2D eigenvalue weighted by atomic mass is 10.0. The first-order chi connectivity index (χ1) is 12.1. The number of para-hydroxylation sites is 1.